The third-order valence-electron chi connectivity index (χ3n) is 4.21. The van der Waals surface area contributed by atoms with E-state index in [-0.39, 0.29) is 50.3 Å². The third kappa shape index (κ3) is 5.05. The van der Waals surface area contributed by atoms with Crippen LogP contribution in [0.5, 0.6) is 17.2 Å². The smallest absolute Gasteiger partial charge is 0.397 e. The minimum atomic E-state index is -1.89. The summed E-state index contributed by atoms with van der Waals surface area (Å²) in [5.74, 6) is -3.84. The van der Waals surface area contributed by atoms with Gasteiger partial charge in [0.2, 0.25) is 0 Å². The highest BCUT2D eigenvalue weighted by Gasteiger charge is 2.25. The lowest BCUT2D eigenvalue weighted by molar-refractivity contribution is -0.151. The molecule has 0 aliphatic heterocycles. The lowest BCUT2D eigenvalue weighted by Crippen LogP contribution is -2.33. The van der Waals surface area contributed by atoms with Crippen LogP contribution < -0.4 is 9.80 Å². The first kappa shape index (κ1) is 22.4. The van der Waals surface area contributed by atoms with Crippen LogP contribution in [0.2, 0.25) is 10.0 Å². The van der Waals surface area contributed by atoms with Gasteiger partial charge in [-0.1, -0.05) is 35.3 Å². The van der Waals surface area contributed by atoms with E-state index in [4.69, 9.17) is 33.0 Å². The van der Waals surface area contributed by atoms with Crippen molar-refractivity contribution in [1.29, 1.82) is 0 Å². The molecular formula is C21H14Cl2FNO6. The molecule has 1 amide bonds. The number of carbonyl (C=O) groups excluding carboxylic acids is 1. The summed E-state index contributed by atoms with van der Waals surface area (Å²) in [6.07, 6.45) is 0.280. The fraction of sp³-hybridized carbons (Fsp3) is 0.0476. The van der Waals surface area contributed by atoms with Crippen LogP contribution in [0, 0.1) is 5.82 Å². The molecule has 3 rings (SSSR count). The minimum Gasteiger partial charge on any atom is -0.508 e. The number of hydroxylamine groups is 1. The Morgan fingerprint density at radius 2 is 1.71 bits per heavy atom. The molecule has 10 heteroatoms. The second-order valence-electron chi connectivity index (χ2n) is 6.33. The molecule has 0 saturated carbocycles. The van der Waals surface area contributed by atoms with E-state index in [0.717, 1.165) is 11.6 Å². The van der Waals surface area contributed by atoms with Crippen LogP contribution in [0.15, 0.2) is 54.6 Å². The molecule has 160 valence electrons. The van der Waals surface area contributed by atoms with Crippen molar-refractivity contribution >= 4 is 40.8 Å². The SMILES string of the molecule is O=C(O)C(=O)N(O)c1ccc(Cl)c(Oc2ccc(O)c(Cc3ccc(F)cc3)c2)c1Cl. The summed E-state index contributed by atoms with van der Waals surface area (Å²) in [7, 11) is 0. The van der Waals surface area contributed by atoms with E-state index in [9.17, 15) is 24.3 Å². The number of amides is 1. The topological polar surface area (TPSA) is 107 Å². The first-order valence-corrected chi connectivity index (χ1v) is 9.41. The number of halogens is 3. The number of hydrogen-bond acceptors (Lipinski definition) is 5. The number of anilines is 1. The minimum absolute atomic E-state index is 0.0174. The highest BCUT2D eigenvalue weighted by Crippen LogP contribution is 2.42. The van der Waals surface area contributed by atoms with Gasteiger partial charge in [0.15, 0.2) is 5.75 Å². The van der Waals surface area contributed by atoms with Gasteiger partial charge in [0.25, 0.3) is 0 Å². The van der Waals surface area contributed by atoms with E-state index in [1.807, 2.05) is 0 Å². The third-order valence-corrected chi connectivity index (χ3v) is 4.87. The molecule has 0 saturated heterocycles. The van der Waals surface area contributed by atoms with Gasteiger partial charge in [-0.25, -0.2) is 9.18 Å². The molecule has 0 bridgehead atoms. The van der Waals surface area contributed by atoms with E-state index in [0.29, 0.717) is 5.56 Å². The quantitative estimate of drug-likeness (QED) is 0.277. The number of phenolic OH excluding ortho intramolecular Hbond substituents is 1. The standard InChI is InChI=1S/C21H14Cl2FNO6/c22-15-6-7-16(25(30)20(27)21(28)29)18(23)19(15)31-14-5-8-17(26)12(10-14)9-11-1-3-13(24)4-2-11/h1-8,10,26,30H,9H2,(H,28,29). The van der Waals surface area contributed by atoms with E-state index in [1.165, 1.54) is 36.4 Å². The molecule has 3 aromatic carbocycles. The zero-order valence-electron chi connectivity index (χ0n) is 15.6. The number of hydrogen-bond donors (Lipinski definition) is 3. The van der Waals surface area contributed by atoms with Crippen LogP contribution in [0.4, 0.5) is 10.1 Å². The molecule has 0 heterocycles. The first-order valence-electron chi connectivity index (χ1n) is 8.66. The second kappa shape index (κ2) is 9.22. The lowest BCUT2D eigenvalue weighted by atomic mass is 10.0. The van der Waals surface area contributed by atoms with Gasteiger partial charge >= 0.3 is 11.9 Å². The average molecular weight is 466 g/mol. The summed E-state index contributed by atoms with van der Waals surface area (Å²) in [6.45, 7) is 0. The fourth-order valence-electron chi connectivity index (χ4n) is 2.69. The normalized spacial score (nSPS) is 10.6. The number of nitrogens with zero attached hydrogens (tertiary/aromatic N) is 1. The first-order chi connectivity index (χ1) is 14.7. The molecule has 3 N–H and O–H groups in total. The Kier molecular flexibility index (Phi) is 6.65. The van der Waals surface area contributed by atoms with E-state index < -0.39 is 11.9 Å². The summed E-state index contributed by atoms with van der Waals surface area (Å²) in [6, 6.07) is 12.5. The molecule has 0 spiro atoms. The predicted octanol–water partition coefficient (Wildman–Crippen LogP) is 5.03. The van der Waals surface area contributed by atoms with Gasteiger partial charge < -0.3 is 14.9 Å². The summed E-state index contributed by atoms with van der Waals surface area (Å²) < 4.78 is 18.8. The van der Waals surface area contributed by atoms with Crippen molar-refractivity contribution in [3.8, 4) is 17.2 Å². The monoisotopic (exact) mass is 465 g/mol. The average Bonchev–Trinajstić information content (AvgIpc) is 2.74. The zero-order chi connectivity index (χ0) is 22.7. The molecule has 0 aliphatic rings. The fourth-order valence-corrected chi connectivity index (χ4v) is 3.21. The molecule has 0 atom stereocenters. The van der Waals surface area contributed by atoms with Crippen LogP contribution in [0.25, 0.3) is 0 Å². The Bertz CT molecular complexity index is 1150. The zero-order valence-corrected chi connectivity index (χ0v) is 17.1. The summed E-state index contributed by atoms with van der Waals surface area (Å²) in [4.78, 5) is 22.3. The molecule has 0 fully saturated rings. The van der Waals surface area contributed by atoms with Gasteiger partial charge in [-0.2, -0.15) is 5.06 Å². The number of aromatic hydroxyl groups is 1. The number of phenols is 1. The lowest BCUT2D eigenvalue weighted by Gasteiger charge is -2.18. The van der Waals surface area contributed by atoms with Gasteiger partial charge in [0.05, 0.1) is 10.7 Å². The van der Waals surface area contributed by atoms with Crippen LogP contribution in [-0.2, 0) is 16.0 Å². The number of carbonyl (C=O) groups is 2. The van der Waals surface area contributed by atoms with Gasteiger partial charge in [0, 0.05) is 12.0 Å². The van der Waals surface area contributed by atoms with Crippen molar-refractivity contribution < 1.29 is 34.1 Å². The highest BCUT2D eigenvalue weighted by molar-refractivity contribution is 6.41. The van der Waals surface area contributed by atoms with Crippen LogP contribution >= 0.6 is 23.2 Å². The van der Waals surface area contributed by atoms with Crippen LogP contribution in [0.1, 0.15) is 11.1 Å². The molecule has 31 heavy (non-hydrogen) atoms. The van der Waals surface area contributed by atoms with Crippen molar-refractivity contribution in [2.75, 3.05) is 5.06 Å². The summed E-state index contributed by atoms with van der Waals surface area (Å²) in [5.41, 5.74) is 0.867. The Balaban J connectivity index is 1.92. The molecule has 0 aromatic heterocycles. The van der Waals surface area contributed by atoms with Crippen molar-refractivity contribution in [3.05, 3.63) is 81.6 Å². The van der Waals surface area contributed by atoms with Crippen molar-refractivity contribution in [3.63, 3.8) is 0 Å². The summed E-state index contributed by atoms with van der Waals surface area (Å²) >= 11 is 12.3. The Morgan fingerprint density at radius 3 is 2.35 bits per heavy atom. The number of carboxylic acid groups (broad SMARTS) is 1. The second-order valence-corrected chi connectivity index (χ2v) is 7.11. The molecule has 0 radical (unpaired) electrons. The van der Waals surface area contributed by atoms with Gasteiger partial charge in [-0.3, -0.25) is 10.0 Å². The maximum atomic E-state index is 13.1. The Hall–Kier alpha value is -3.33. The molecule has 0 aliphatic carbocycles. The number of rotatable bonds is 5. The molecular weight excluding hydrogens is 452 g/mol. The van der Waals surface area contributed by atoms with Crippen LogP contribution in [-0.4, -0.2) is 27.3 Å². The van der Waals surface area contributed by atoms with Gasteiger partial charge in [-0.15, -0.1) is 0 Å². The number of benzene rings is 3. The molecule has 3 aromatic rings. The van der Waals surface area contributed by atoms with E-state index in [2.05, 4.69) is 0 Å². The van der Waals surface area contributed by atoms with Gasteiger partial charge in [0.1, 0.15) is 22.3 Å². The number of aliphatic carboxylic acids is 1. The maximum absolute atomic E-state index is 13.1. The van der Waals surface area contributed by atoms with E-state index >= 15 is 0 Å². The molecule has 7 nitrogen and oxygen atoms in total. The molecule has 0 unspecified atom stereocenters. The summed E-state index contributed by atoms with van der Waals surface area (Å²) in [5, 5.41) is 28.3. The highest BCUT2D eigenvalue weighted by atomic mass is 35.5. The maximum Gasteiger partial charge on any atom is 0.397 e. The largest absolute Gasteiger partial charge is 0.508 e. The van der Waals surface area contributed by atoms with Crippen molar-refractivity contribution in [1.82, 2.24) is 0 Å². The van der Waals surface area contributed by atoms with Crippen molar-refractivity contribution in [2.24, 2.45) is 0 Å². The Morgan fingerprint density at radius 1 is 1.03 bits per heavy atom. The van der Waals surface area contributed by atoms with Gasteiger partial charge in [-0.05, 0) is 48.0 Å². The Labute approximate surface area is 185 Å². The van der Waals surface area contributed by atoms with Crippen LogP contribution in [0.3, 0.4) is 0 Å². The number of ether oxygens (including phenoxy) is 1. The van der Waals surface area contributed by atoms with Crippen molar-refractivity contribution in [2.45, 2.75) is 6.42 Å². The van der Waals surface area contributed by atoms with E-state index in [1.54, 1.807) is 12.1 Å². The number of carboxylic acids is 1. The predicted molar refractivity (Wildman–Crippen MR) is 111 cm³/mol.